The van der Waals surface area contributed by atoms with Crippen molar-refractivity contribution < 1.29 is 14.3 Å². The lowest BCUT2D eigenvalue weighted by Crippen LogP contribution is -2.53. The third kappa shape index (κ3) is 10.2. The van der Waals surface area contributed by atoms with Gasteiger partial charge in [-0.15, -0.1) is 11.8 Å². The minimum Gasteiger partial charge on any atom is -0.444 e. The number of benzene rings is 4. The number of ether oxygens (including phenoxy) is 1. The van der Waals surface area contributed by atoms with E-state index in [1.54, 1.807) is 11.8 Å². The van der Waals surface area contributed by atoms with Gasteiger partial charge in [0.1, 0.15) is 5.60 Å². The van der Waals surface area contributed by atoms with Gasteiger partial charge in [0.2, 0.25) is 5.91 Å². The van der Waals surface area contributed by atoms with E-state index in [4.69, 9.17) is 4.74 Å². The molecule has 248 valence electrons. The molecule has 0 aliphatic rings. The molecule has 4 rings (SSSR count). The minimum absolute atomic E-state index is 0.0564. The molecule has 6 nitrogen and oxygen atoms in total. The van der Waals surface area contributed by atoms with E-state index < -0.39 is 22.5 Å². The summed E-state index contributed by atoms with van der Waals surface area (Å²) in [6.45, 7) is 10.6. The third-order valence-corrected chi connectivity index (χ3v) is 9.86. The van der Waals surface area contributed by atoms with Gasteiger partial charge in [-0.1, -0.05) is 142 Å². The summed E-state index contributed by atoms with van der Waals surface area (Å²) in [4.78, 5) is 26.7. The third-order valence-electron chi connectivity index (χ3n) is 8.15. The molecular formula is C40H49N3O3S. The molecule has 0 fully saturated rings. The summed E-state index contributed by atoms with van der Waals surface area (Å²) in [5, 5.41) is 9.78. The van der Waals surface area contributed by atoms with Crippen molar-refractivity contribution in [2.75, 3.05) is 12.3 Å². The zero-order chi connectivity index (χ0) is 33.7. The summed E-state index contributed by atoms with van der Waals surface area (Å²) >= 11 is 1.77. The van der Waals surface area contributed by atoms with Crippen LogP contribution in [0.2, 0.25) is 0 Å². The molecule has 0 radical (unpaired) electrons. The van der Waals surface area contributed by atoms with Crippen LogP contribution in [0.1, 0.15) is 63.3 Å². The van der Waals surface area contributed by atoms with E-state index in [1.807, 2.05) is 69.3 Å². The Hall–Kier alpha value is -4.07. The van der Waals surface area contributed by atoms with Gasteiger partial charge in [-0.25, -0.2) is 4.79 Å². The lowest BCUT2D eigenvalue weighted by Gasteiger charge is -2.37. The van der Waals surface area contributed by atoms with Crippen molar-refractivity contribution in [3.05, 3.63) is 144 Å². The van der Waals surface area contributed by atoms with Gasteiger partial charge in [-0.2, -0.15) is 0 Å². The van der Waals surface area contributed by atoms with Crippen LogP contribution in [0.4, 0.5) is 4.79 Å². The normalized spacial score (nSPS) is 13.6. The fourth-order valence-electron chi connectivity index (χ4n) is 5.57. The van der Waals surface area contributed by atoms with Crippen LogP contribution < -0.4 is 16.0 Å². The van der Waals surface area contributed by atoms with Gasteiger partial charge >= 0.3 is 6.09 Å². The summed E-state index contributed by atoms with van der Waals surface area (Å²) in [5.74, 6) is 0.570. The highest BCUT2D eigenvalue weighted by atomic mass is 32.2. The van der Waals surface area contributed by atoms with Crippen LogP contribution >= 0.6 is 11.8 Å². The number of thioether (sulfide) groups is 1. The quantitative estimate of drug-likeness (QED) is 0.114. The average Bonchev–Trinajstić information content (AvgIpc) is 3.08. The number of rotatable bonds is 15. The fourth-order valence-corrected chi connectivity index (χ4v) is 7.13. The monoisotopic (exact) mass is 651 g/mol. The largest absolute Gasteiger partial charge is 0.444 e. The molecule has 0 aromatic heterocycles. The lowest BCUT2D eigenvalue weighted by atomic mass is 9.84. The first kappa shape index (κ1) is 35.8. The standard InChI is InChI=1S/C40H49N3O3S/c1-6-30(2)36(37(44)42-27-31-19-11-7-12-20-31)41-28-35(43-38(45)46-39(3,4)5)29-47-40(32-21-13-8-14-22-32,33-23-15-9-16-24-33)34-25-17-10-18-26-34/h7-26,30,35-36,41H,6,27-29H2,1-5H3,(H,42,44)(H,43,45)/t30-,35+,36-/m0/s1. The number of alkyl carbamates (subject to hydrolysis) is 1. The Morgan fingerprint density at radius 3 is 1.66 bits per heavy atom. The molecule has 0 aliphatic heterocycles. The lowest BCUT2D eigenvalue weighted by molar-refractivity contribution is -0.124. The fraction of sp³-hybridized carbons (Fsp3) is 0.350. The van der Waals surface area contributed by atoms with Gasteiger partial charge in [-0.05, 0) is 48.9 Å². The number of carbonyl (C=O) groups is 2. The van der Waals surface area contributed by atoms with Crippen molar-refractivity contribution in [1.29, 1.82) is 0 Å². The van der Waals surface area contributed by atoms with E-state index in [-0.39, 0.29) is 17.9 Å². The first-order valence-corrected chi connectivity index (χ1v) is 17.5. The highest BCUT2D eigenvalue weighted by molar-refractivity contribution is 8.00. The average molecular weight is 652 g/mol. The Balaban J connectivity index is 1.64. The zero-order valence-electron chi connectivity index (χ0n) is 28.2. The Bertz CT molecular complexity index is 1420. The van der Waals surface area contributed by atoms with Crippen molar-refractivity contribution in [1.82, 2.24) is 16.0 Å². The summed E-state index contributed by atoms with van der Waals surface area (Å²) in [6.07, 6.45) is 0.345. The molecule has 7 heteroatoms. The molecule has 0 aliphatic carbocycles. The van der Waals surface area contributed by atoms with Crippen LogP contribution in [0.5, 0.6) is 0 Å². The Morgan fingerprint density at radius 2 is 1.21 bits per heavy atom. The van der Waals surface area contributed by atoms with E-state index in [0.29, 0.717) is 18.8 Å². The second-order valence-corrected chi connectivity index (χ2v) is 14.1. The molecule has 0 bridgehead atoms. The van der Waals surface area contributed by atoms with E-state index >= 15 is 0 Å². The number of nitrogens with one attached hydrogen (secondary N) is 3. The predicted octanol–water partition coefficient (Wildman–Crippen LogP) is 7.93. The minimum atomic E-state index is -0.645. The number of amides is 2. The molecule has 2 amide bonds. The van der Waals surface area contributed by atoms with Crippen molar-refractivity contribution in [2.24, 2.45) is 5.92 Å². The number of hydrogen-bond donors (Lipinski definition) is 3. The topological polar surface area (TPSA) is 79.5 Å². The van der Waals surface area contributed by atoms with Crippen molar-refractivity contribution >= 4 is 23.8 Å². The van der Waals surface area contributed by atoms with Crippen LogP contribution in [-0.4, -0.2) is 42.0 Å². The maximum atomic E-state index is 13.5. The Kier molecular flexibility index (Phi) is 13.1. The van der Waals surface area contributed by atoms with E-state index in [9.17, 15) is 9.59 Å². The molecule has 3 atom stereocenters. The molecule has 0 saturated heterocycles. The van der Waals surface area contributed by atoms with Gasteiger partial charge in [0, 0.05) is 18.8 Å². The molecule has 0 spiro atoms. The second kappa shape index (κ2) is 17.2. The van der Waals surface area contributed by atoms with E-state index in [2.05, 4.69) is 103 Å². The molecule has 4 aromatic rings. The summed E-state index contributed by atoms with van der Waals surface area (Å²) < 4.78 is 5.14. The Labute approximate surface area is 285 Å². The Morgan fingerprint density at radius 1 is 0.745 bits per heavy atom. The SMILES string of the molecule is CC[C@H](C)[C@H](NC[C@H](CSC(c1ccccc1)(c1ccccc1)c1ccccc1)NC(=O)OC(C)(C)C)C(=O)NCc1ccccc1. The van der Waals surface area contributed by atoms with Crippen LogP contribution in [0.15, 0.2) is 121 Å². The predicted molar refractivity (Wildman–Crippen MR) is 194 cm³/mol. The van der Waals surface area contributed by atoms with Crippen LogP contribution in [-0.2, 0) is 20.8 Å². The molecular weight excluding hydrogens is 603 g/mol. The maximum Gasteiger partial charge on any atom is 0.407 e. The highest BCUT2D eigenvalue weighted by Crippen LogP contribution is 2.48. The second-order valence-electron chi connectivity index (χ2n) is 12.9. The molecule has 3 N–H and O–H groups in total. The summed E-state index contributed by atoms with van der Waals surface area (Å²) in [6, 6.07) is 40.6. The van der Waals surface area contributed by atoms with Gasteiger partial charge in [0.05, 0.1) is 16.8 Å². The molecule has 4 aromatic carbocycles. The van der Waals surface area contributed by atoms with Gasteiger partial charge in [0.25, 0.3) is 0 Å². The van der Waals surface area contributed by atoms with Crippen LogP contribution in [0, 0.1) is 5.92 Å². The highest BCUT2D eigenvalue weighted by Gasteiger charge is 2.38. The summed E-state index contributed by atoms with van der Waals surface area (Å²) in [5.41, 5.74) is 3.83. The number of carbonyl (C=O) groups excluding carboxylic acids is 2. The number of hydrogen-bond acceptors (Lipinski definition) is 5. The van der Waals surface area contributed by atoms with Crippen molar-refractivity contribution in [3.63, 3.8) is 0 Å². The van der Waals surface area contributed by atoms with Gasteiger partial charge in [-0.3, -0.25) is 4.79 Å². The zero-order valence-corrected chi connectivity index (χ0v) is 29.1. The van der Waals surface area contributed by atoms with Crippen LogP contribution in [0.3, 0.4) is 0 Å². The van der Waals surface area contributed by atoms with E-state index in [1.165, 1.54) is 0 Å². The van der Waals surface area contributed by atoms with Gasteiger partial charge < -0.3 is 20.7 Å². The molecule has 0 saturated carbocycles. The first-order chi connectivity index (χ1) is 22.6. The smallest absolute Gasteiger partial charge is 0.407 e. The van der Waals surface area contributed by atoms with Crippen molar-refractivity contribution in [3.8, 4) is 0 Å². The van der Waals surface area contributed by atoms with Crippen LogP contribution in [0.25, 0.3) is 0 Å². The first-order valence-electron chi connectivity index (χ1n) is 16.5. The van der Waals surface area contributed by atoms with Gasteiger partial charge in [0.15, 0.2) is 0 Å². The summed E-state index contributed by atoms with van der Waals surface area (Å²) in [7, 11) is 0. The van der Waals surface area contributed by atoms with E-state index in [0.717, 1.165) is 28.7 Å². The molecule has 0 heterocycles. The maximum absolute atomic E-state index is 13.5. The molecule has 0 unspecified atom stereocenters. The van der Waals surface area contributed by atoms with Crippen molar-refractivity contribution in [2.45, 2.75) is 70.0 Å². The molecule has 47 heavy (non-hydrogen) atoms.